The van der Waals surface area contributed by atoms with E-state index >= 15 is 0 Å². The number of para-hydroxylation sites is 2. The molecule has 1 fully saturated rings. The fraction of sp³-hybridized carbons (Fsp3) is 0.500. The van der Waals surface area contributed by atoms with Gasteiger partial charge in [-0.2, -0.15) is 0 Å². The van der Waals surface area contributed by atoms with Crippen molar-refractivity contribution < 1.29 is 4.74 Å². The zero-order valence-electron chi connectivity index (χ0n) is 16.9. The Morgan fingerprint density at radius 1 is 1.04 bits per heavy atom. The molecular formula is C24H30N2OS. The van der Waals surface area contributed by atoms with E-state index in [1.807, 2.05) is 0 Å². The molecular weight excluding hydrogens is 364 g/mol. The van der Waals surface area contributed by atoms with Gasteiger partial charge < -0.3 is 14.5 Å². The molecule has 0 radical (unpaired) electrons. The molecule has 2 aromatic rings. The van der Waals surface area contributed by atoms with Crippen LogP contribution in [0.2, 0.25) is 0 Å². The number of fused-ring (bicyclic) bond motifs is 2. The third-order valence-electron chi connectivity index (χ3n) is 6.73. The molecule has 0 aliphatic carbocycles. The first-order valence-electron chi connectivity index (χ1n) is 10.7. The van der Waals surface area contributed by atoms with Crippen molar-refractivity contribution in [3.63, 3.8) is 0 Å². The Kier molecular flexibility index (Phi) is 5.02. The van der Waals surface area contributed by atoms with E-state index in [-0.39, 0.29) is 0 Å². The van der Waals surface area contributed by atoms with Crippen LogP contribution >= 0.6 is 11.8 Å². The summed E-state index contributed by atoms with van der Waals surface area (Å²) in [5.74, 6) is 1.82. The van der Waals surface area contributed by atoms with Gasteiger partial charge in [0, 0.05) is 16.9 Å². The SMILES string of the molecule is CCN1CCC([C@@H]2Sc3cccc(C)c3N2C2CCOc3ccccc32)CC1. The highest BCUT2D eigenvalue weighted by Crippen LogP contribution is 2.54. The van der Waals surface area contributed by atoms with Crippen molar-refractivity contribution in [3.8, 4) is 5.75 Å². The predicted octanol–water partition coefficient (Wildman–Crippen LogP) is 5.49. The van der Waals surface area contributed by atoms with Crippen LogP contribution in [-0.4, -0.2) is 36.5 Å². The normalized spacial score (nSPS) is 25.3. The maximum Gasteiger partial charge on any atom is 0.124 e. The maximum absolute atomic E-state index is 6.00. The lowest BCUT2D eigenvalue weighted by Crippen LogP contribution is -2.44. The number of thioether (sulfide) groups is 1. The summed E-state index contributed by atoms with van der Waals surface area (Å²) in [6, 6.07) is 15.9. The van der Waals surface area contributed by atoms with Crippen molar-refractivity contribution in [1.82, 2.24) is 4.90 Å². The first-order chi connectivity index (χ1) is 13.8. The number of hydrogen-bond acceptors (Lipinski definition) is 4. The predicted molar refractivity (Wildman–Crippen MR) is 117 cm³/mol. The highest BCUT2D eigenvalue weighted by atomic mass is 32.2. The third kappa shape index (κ3) is 3.11. The van der Waals surface area contributed by atoms with E-state index in [1.165, 1.54) is 54.2 Å². The van der Waals surface area contributed by atoms with E-state index in [0.29, 0.717) is 11.4 Å². The zero-order valence-corrected chi connectivity index (χ0v) is 17.8. The molecule has 4 heteroatoms. The summed E-state index contributed by atoms with van der Waals surface area (Å²) in [6.07, 6.45) is 3.68. The van der Waals surface area contributed by atoms with Crippen molar-refractivity contribution >= 4 is 17.4 Å². The Hall–Kier alpha value is -1.65. The number of ether oxygens (including phenoxy) is 1. The second kappa shape index (κ2) is 7.64. The number of nitrogens with zero attached hydrogens (tertiary/aromatic N) is 2. The molecule has 3 aliphatic rings. The minimum absolute atomic E-state index is 0.411. The molecule has 0 spiro atoms. The van der Waals surface area contributed by atoms with Crippen molar-refractivity contribution in [3.05, 3.63) is 53.6 Å². The number of hydrogen-bond donors (Lipinski definition) is 0. The first kappa shape index (κ1) is 18.4. The van der Waals surface area contributed by atoms with E-state index in [9.17, 15) is 0 Å². The van der Waals surface area contributed by atoms with Gasteiger partial charge in [-0.15, -0.1) is 0 Å². The van der Waals surface area contributed by atoms with Gasteiger partial charge in [0.05, 0.1) is 23.7 Å². The fourth-order valence-electron chi connectivity index (χ4n) is 5.20. The monoisotopic (exact) mass is 394 g/mol. The Labute approximate surface area is 173 Å². The lowest BCUT2D eigenvalue weighted by Gasteiger charge is -2.43. The summed E-state index contributed by atoms with van der Waals surface area (Å²) in [5.41, 5.74) is 4.24. The minimum Gasteiger partial charge on any atom is -0.493 e. The van der Waals surface area contributed by atoms with Crippen LogP contribution in [0.4, 0.5) is 5.69 Å². The van der Waals surface area contributed by atoms with Crippen LogP contribution in [0.25, 0.3) is 0 Å². The molecule has 0 saturated carbocycles. The topological polar surface area (TPSA) is 15.7 Å². The number of aryl methyl sites for hydroxylation is 1. The molecule has 1 saturated heterocycles. The van der Waals surface area contributed by atoms with Gasteiger partial charge in [-0.3, -0.25) is 0 Å². The lowest BCUT2D eigenvalue weighted by molar-refractivity contribution is 0.184. The summed E-state index contributed by atoms with van der Waals surface area (Å²) in [5, 5.41) is 0.534. The zero-order chi connectivity index (χ0) is 19.1. The fourth-order valence-corrected chi connectivity index (χ4v) is 6.82. The van der Waals surface area contributed by atoms with Gasteiger partial charge in [0.1, 0.15) is 5.75 Å². The minimum atomic E-state index is 0.411. The highest BCUT2D eigenvalue weighted by molar-refractivity contribution is 8.00. The number of anilines is 1. The van der Waals surface area contributed by atoms with E-state index in [0.717, 1.165) is 24.7 Å². The van der Waals surface area contributed by atoms with Crippen LogP contribution in [0, 0.1) is 12.8 Å². The lowest BCUT2D eigenvalue weighted by atomic mass is 9.92. The van der Waals surface area contributed by atoms with Gasteiger partial charge in [-0.25, -0.2) is 0 Å². The second-order valence-electron chi connectivity index (χ2n) is 8.30. The highest BCUT2D eigenvalue weighted by Gasteiger charge is 2.42. The van der Waals surface area contributed by atoms with Crippen molar-refractivity contribution in [2.24, 2.45) is 5.92 Å². The van der Waals surface area contributed by atoms with Gasteiger partial charge in [-0.05, 0) is 63.0 Å². The average molecular weight is 395 g/mol. The van der Waals surface area contributed by atoms with Crippen LogP contribution < -0.4 is 9.64 Å². The standard InChI is InChI=1S/C24H30N2OS/c1-3-25-14-11-18(12-15-25)24-26(23-17(2)7-6-10-22(23)28-24)20-13-16-27-21-9-5-4-8-19(20)21/h4-10,18,20,24H,3,11-16H2,1-2H3/t20?,24-/m0/s1. The summed E-state index contributed by atoms with van der Waals surface area (Å²) in [6.45, 7) is 9.04. The molecule has 148 valence electrons. The van der Waals surface area contributed by atoms with Crippen LogP contribution in [0.5, 0.6) is 5.75 Å². The van der Waals surface area contributed by atoms with Crippen LogP contribution in [0.1, 0.15) is 43.4 Å². The van der Waals surface area contributed by atoms with Gasteiger partial charge in [0.2, 0.25) is 0 Å². The summed E-state index contributed by atoms with van der Waals surface area (Å²) in [7, 11) is 0. The van der Waals surface area contributed by atoms with Gasteiger partial charge in [-0.1, -0.05) is 49.0 Å². The van der Waals surface area contributed by atoms with Crippen molar-refractivity contribution in [2.75, 3.05) is 31.1 Å². The van der Waals surface area contributed by atoms with Gasteiger partial charge in [0.15, 0.2) is 0 Å². The largest absolute Gasteiger partial charge is 0.493 e. The number of piperidine rings is 1. The molecule has 5 rings (SSSR count). The van der Waals surface area contributed by atoms with Crippen molar-refractivity contribution in [2.45, 2.75) is 49.4 Å². The summed E-state index contributed by atoms with van der Waals surface area (Å²) >= 11 is 2.11. The summed E-state index contributed by atoms with van der Waals surface area (Å²) < 4.78 is 6.00. The maximum atomic E-state index is 6.00. The molecule has 28 heavy (non-hydrogen) atoms. The summed E-state index contributed by atoms with van der Waals surface area (Å²) in [4.78, 5) is 6.85. The molecule has 2 aromatic carbocycles. The molecule has 0 amide bonds. The Balaban J connectivity index is 1.53. The van der Waals surface area contributed by atoms with E-state index in [1.54, 1.807) is 0 Å². The quantitative estimate of drug-likeness (QED) is 0.684. The molecule has 1 unspecified atom stereocenters. The number of likely N-dealkylation sites (tertiary alicyclic amines) is 1. The second-order valence-corrected chi connectivity index (χ2v) is 9.46. The molecule has 3 heterocycles. The third-order valence-corrected chi connectivity index (χ3v) is 8.16. The number of benzene rings is 2. The average Bonchev–Trinajstić information content (AvgIpc) is 3.14. The van der Waals surface area contributed by atoms with Crippen LogP contribution in [0.3, 0.4) is 0 Å². The molecule has 2 atom stereocenters. The molecule has 0 aromatic heterocycles. The van der Waals surface area contributed by atoms with Gasteiger partial charge in [0.25, 0.3) is 0 Å². The molecule has 0 bridgehead atoms. The van der Waals surface area contributed by atoms with Crippen LogP contribution in [-0.2, 0) is 0 Å². The Bertz CT molecular complexity index is 846. The van der Waals surface area contributed by atoms with Crippen molar-refractivity contribution in [1.29, 1.82) is 0 Å². The van der Waals surface area contributed by atoms with E-state index < -0.39 is 0 Å². The molecule has 3 nitrogen and oxygen atoms in total. The molecule has 3 aliphatic heterocycles. The van der Waals surface area contributed by atoms with Gasteiger partial charge >= 0.3 is 0 Å². The number of rotatable bonds is 3. The van der Waals surface area contributed by atoms with Crippen LogP contribution in [0.15, 0.2) is 47.4 Å². The Morgan fingerprint density at radius 3 is 2.68 bits per heavy atom. The van der Waals surface area contributed by atoms with E-state index in [2.05, 4.69) is 77.9 Å². The smallest absolute Gasteiger partial charge is 0.124 e. The van der Waals surface area contributed by atoms with E-state index in [4.69, 9.17) is 4.74 Å². The Morgan fingerprint density at radius 2 is 1.86 bits per heavy atom. The first-order valence-corrected chi connectivity index (χ1v) is 11.6. The molecule has 0 N–H and O–H groups in total.